The van der Waals surface area contributed by atoms with Gasteiger partial charge in [0, 0.05) is 35.0 Å². The maximum atomic E-state index is 13.5. The van der Waals surface area contributed by atoms with Crippen LogP contribution in [-0.4, -0.2) is 39.2 Å². The van der Waals surface area contributed by atoms with Gasteiger partial charge in [-0.05, 0) is 37.0 Å². The molecular weight excluding hydrogens is 458 g/mol. The average Bonchev–Trinajstić information content (AvgIpc) is 2.85. The number of hydrogen-bond donors (Lipinski definition) is 1. The second-order valence-corrected chi connectivity index (χ2v) is 9.84. The minimum atomic E-state index is -0.617. The van der Waals surface area contributed by atoms with Crippen LogP contribution in [0.2, 0.25) is 0 Å². The number of hydrogen-bond acceptors (Lipinski definition) is 7. The number of Topliss-reactive ketones (excluding diaryl/α,β-unsaturated/α-hetero) is 1. The summed E-state index contributed by atoms with van der Waals surface area (Å²) >= 11 is 0. The van der Waals surface area contributed by atoms with Crippen LogP contribution in [0.1, 0.15) is 45.1 Å². The Morgan fingerprint density at radius 2 is 1.75 bits per heavy atom. The number of ketones is 1. The lowest BCUT2D eigenvalue weighted by Crippen LogP contribution is -2.39. The molecule has 0 fully saturated rings. The summed E-state index contributed by atoms with van der Waals surface area (Å²) in [6.45, 7) is 6.29. The van der Waals surface area contributed by atoms with Crippen LogP contribution in [0.4, 0.5) is 0 Å². The largest absolute Gasteiger partial charge is 0.497 e. The summed E-state index contributed by atoms with van der Waals surface area (Å²) in [5.41, 5.74) is 3.04. The highest BCUT2D eigenvalue weighted by molar-refractivity contribution is 6.04. The van der Waals surface area contributed by atoms with Gasteiger partial charge in [-0.1, -0.05) is 38.1 Å². The van der Waals surface area contributed by atoms with Crippen molar-refractivity contribution in [1.82, 2.24) is 5.32 Å². The summed E-state index contributed by atoms with van der Waals surface area (Å²) in [4.78, 5) is 26.9. The molecule has 0 unspecified atom stereocenters. The van der Waals surface area contributed by atoms with E-state index in [2.05, 4.69) is 19.2 Å². The molecule has 2 aromatic carbocycles. The Kier molecular flexibility index (Phi) is 7.38. The van der Waals surface area contributed by atoms with E-state index in [1.807, 2.05) is 49.4 Å². The van der Waals surface area contributed by atoms with Gasteiger partial charge in [-0.3, -0.25) is 4.79 Å². The summed E-state index contributed by atoms with van der Waals surface area (Å²) in [5.74, 6) is 0.766. The third-order valence-corrected chi connectivity index (χ3v) is 6.54. The molecular formula is C29H33NO6. The van der Waals surface area contributed by atoms with Crippen LogP contribution < -0.4 is 19.5 Å². The molecule has 2 aromatic rings. The third kappa shape index (κ3) is 5.25. The molecule has 1 atom stereocenters. The number of nitrogens with one attached hydrogen (secondary N) is 1. The van der Waals surface area contributed by atoms with Gasteiger partial charge in [0.1, 0.15) is 30.5 Å². The molecule has 36 heavy (non-hydrogen) atoms. The van der Waals surface area contributed by atoms with Crippen molar-refractivity contribution in [2.75, 3.05) is 27.4 Å². The Labute approximate surface area is 212 Å². The first-order chi connectivity index (χ1) is 17.2. The van der Waals surface area contributed by atoms with Crippen LogP contribution in [0.25, 0.3) is 0 Å². The molecule has 7 heteroatoms. The smallest absolute Gasteiger partial charge is 0.336 e. The summed E-state index contributed by atoms with van der Waals surface area (Å²) in [5, 5.41) is 3.35. The van der Waals surface area contributed by atoms with Crippen molar-refractivity contribution in [2.24, 2.45) is 5.41 Å². The van der Waals surface area contributed by atoms with Crippen LogP contribution in [0, 0.1) is 5.41 Å². The fourth-order valence-electron chi connectivity index (χ4n) is 4.96. The second kappa shape index (κ2) is 10.5. The first-order valence-corrected chi connectivity index (χ1v) is 12.0. The molecule has 1 aliphatic heterocycles. The number of carbonyl (C=O) groups is 2. The second-order valence-electron chi connectivity index (χ2n) is 9.84. The molecule has 4 rings (SSSR count). The zero-order chi connectivity index (χ0) is 25.9. The summed E-state index contributed by atoms with van der Waals surface area (Å²) in [7, 11) is 3.15. The predicted molar refractivity (Wildman–Crippen MR) is 136 cm³/mol. The van der Waals surface area contributed by atoms with E-state index in [0.29, 0.717) is 52.5 Å². The van der Waals surface area contributed by atoms with Gasteiger partial charge in [-0.15, -0.1) is 0 Å². The normalized spacial score (nSPS) is 18.8. The van der Waals surface area contributed by atoms with E-state index in [0.717, 1.165) is 5.70 Å². The molecule has 1 heterocycles. The highest BCUT2D eigenvalue weighted by atomic mass is 16.6. The molecule has 7 nitrogen and oxygen atoms in total. The monoisotopic (exact) mass is 491 g/mol. The number of rotatable bonds is 8. The van der Waals surface area contributed by atoms with Crippen molar-refractivity contribution in [3.63, 3.8) is 0 Å². The number of benzene rings is 2. The van der Waals surface area contributed by atoms with E-state index in [9.17, 15) is 9.59 Å². The Bertz CT molecular complexity index is 1210. The number of allylic oxidation sites excluding steroid dienone is 3. The van der Waals surface area contributed by atoms with Gasteiger partial charge < -0.3 is 24.3 Å². The summed E-state index contributed by atoms with van der Waals surface area (Å²) in [6.07, 6.45) is 1.10. The number of ether oxygens (including phenoxy) is 4. The van der Waals surface area contributed by atoms with Gasteiger partial charge in [-0.2, -0.15) is 0 Å². The maximum absolute atomic E-state index is 13.5. The lowest BCUT2D eigenvalue weighted by Gasteiger charge is -2.39. The van der Waals surface area contributed by atoms with Gasteiger partial charge >= 0.3 is 5.97 Å². The van der Waals surface area contributed by atoms with E-state index in [4.69, 9.17) is 18.9 Å². The van der Waals surface area contributed by atoms with Gasteiger partial charge in [0.15, 0.2) is 5.78 Å². The Hall–Kier alpha value is -3.74. The number of esters is 1. The zero-order valence-electron chi connectivity index (χ0n) is 21.5. The number of para-hydroxylation sites is 1. The Morgan fingerprint density at radius 3 is 2.44 bits per heavy atom. The van der Waals surface area contributed by atoms with E-state index in [1.54, 1.807) is 20.3 Å². The lowest BCUT2D eigenvalue weighted by atomic mass is 9.68. The minimum Gasteiger partial charge on any atom is -0.497 e. The summed E-state index contributed by atoms with van der Waals surface area (Å²) < 4.78 is 22.3. The molecule has 1 aliphatic carbocycles. The number of dihydropyridines is 1. The van der Waals surface area contributed by atoms with Gasteiger partial charge in [0.25, 0.3) is 0 Å². The summed E-state index contributed by atoms with van der Waals surface area (Å²) in [6, 6.07) is 14.8. The van der Waals surface area contributed by atoms with Crippen molar-refractivity contribution in [3.05, 3.63) is 76.6 Å². The van der Waals surface area contributed by atoms with Crippen LogP contribution in [0.3, 0.4) is 0 Å². The fraction of sp³-hybridized carbons (Fsp3) is 0.379. The average molecular weight is 492 g/mol. The molecule has 0 aromatic heterocycles. The molecule has 0 spiro atoms. The van der Waals surface area contributed by atoms with Crippen molar-refractivity contribution >= 4 is 11.8 Å². The van der Waals surface area contributed by atoms with Crippen LogP contribution in [0.5, 0.6) is 17.2 Å². The molecule has 2 aliphatic rings. The van der Waals surface area contributed by atoms with Crippen molar-refractivity contribution < 1.29 is 28.5 Å². The Balaban J connectivity index is 1.67. The molecule has 190 valence electrons. The van der Waals surface area contributed by atoms with E-state index < -0.39 is 11.9 Å². The van der Waals surface area contributed by atoms with Crippen LogP contribution in [-0.2, 0) is 14.3 Å². The fourth-order valence-corrected chi connectivity index (χ4v) is 4.96. The maximum Gasteiger partial charge on any atom is 0.336 e. The molecule has 0 amide bonds. The van der Waals surface area contributed by atoms with Crippen LogP contribution in [0.15, 0.2) is 71.1 Å². The quantitative estimate of drug-likeness (QED) is 0.414. The number of carbonyl (C=O) groups excluding carboxylic acids is 2. The van der Waals surface area contributed by atoms with E-state index in [1.165, 1.54) is 0 Å². The van der Waals surface area contributed by atoms with Gasteiger partial charge in [-0.25, -0.2) is 4.79 Å². The highest BCUT2D eigenvalue weighted by Gasteiger charge is 2.44. The van der Waals surface area contributed by atoms with Crippen molar-refractivity contribution in [3.8, 4) is 17.2 Å². The first-order valence-electron chi connectivity index (χ1n) is 12.0. The zero-order valence-corrected chi connectivity index (χ0v) is 21.5. The van der Waals surface area contributed by atoms with Crippen molar-refractivity contribution in [2.45, 2.75) is 39.5 Å². The minimum absolute atomic E-state index is 0.0156. The SMILES string of the molecule is COc1ccc([C@@H]2C(C(=O)OCCOc3ccccc3)=C(C)NC3=C2C(=O)CC(C)(C)C3)c(OC)c1. The first kappa shape index (κ1) is 25.4. The van der Waals surface area contributed by atoms with Gasteiger partial charge in [0.05, 0.1) is 25.7 Å². The van der Waals surface area contributed by atoms with Crippen molar-refractivity contribution in [1.29, 1.82) is 0 Å². The standard InChI is InChI=1S/C29H33NO6/c1-18-25(28(32)36-14-13-35-19-9-7-6-8-10-19)26(21-12-11-20(33-4)15-24(21)34-5)27-22(30-18)16-29(2,3)17-23(27)31/h6-12,15,26,30H,13-14,16-17H2,1-5H3/t26-/m1/s1. The molecule has 0 saturated carbocycles. The topological polar surface area (TPSA) is 83.1 Å². The predicted octanol–water partition coefficient (Wildman–Crippen LogP) is 4.93. The Morgan fingerprint density at radius 1 is 1.00 bits per heavy atom. The van der Waals surface area contributed by atoms with Gasteiger partial charge in [0.2, 0.25) is 0 Å². The van der Waals surface area contributed by atoms with E-state index in [-0.39, 0.29) is 24.4 Å². The number of methoxy groups -OCH3 is 2. The highest BCUT2D eigenvalue weighted by Crippen LogP contribution is 2.49. The van der Waals surface area contributed by atoms with E-state index >= 15 is 0 Å². The molecule has 1 N–H and O–H groups in total. The molecule has 0 bridgehead atoms. The van der Waals surface area contributed by atoms with Crippen LogP contribution >= 0.6 is 0 Å². The lowest BCUT2D eigenvalue weighted by molar-refractivity contribution is -0.140. The molecule has 0 saturated heterocycles. The molecule has 0 radical (unpaired) electrons. The third-order valence-electron chi connectivity index (χ3n) is 6.54.